The Morgan fingerprint density at radius 2 is 2.29 bits per heavy atom. The molecule has 2 unspecified atom stereocenters. The van der Waals surface area contributed by atoms with Gasteiger partial charge in [0.25, 0.3) is 5.91 Å². The maximum atomic E-state index is 12.4. The van der Waals surface area contributed by atoms with Crippen LogP contribution in [-0.2, 0) is 4.74 Å². The van der Waals surface area contributed by atoms with Crippen LogP contribution < -0.4 is 15.9 Å². The average molecular weight is 326 g/mol. The zero-order chi connectivity index (χ0) is 17.1. The van der Waals surface area contributed by atoms with E-state index in [2.05, 4.69) is 23.3 Å². The Labute approximate surface area is 141 Å². The molecule has 1 amide bonds. The molecule has 1 aliphatic heterocycles. The van der Waals surface area contributed by atoms with E-state index in [0.29, 0.717) is 24.4 Å². The summed E-state index contributed by atoms with van der Waals surface area (Å²) in [5.41, 5.74) is 1.29. The Kier molecular flexibility index (Phi) is 4.81. The average Bonchev–Trinajstić information content (AvgIpc) is 2.60. The number of hydrogen-bond acceptors (Lipinski definition) is 4. The Hall–Kier alpha value is -2.40. The molecule has 0 radical (unpaired) electrons. The third-order valence-electron chi connectivity index (χ3n) is 4.32. The van der Waals surface area contributed by atoms with Crippen LogP contribution in [0, 0.1) is 5.92 Å². The first-order valence-corrected chi connectivity index (χ1v) is 8.15. The summed E-state index contributed by atoms with van der Waals surface area (Å²) in [6.07, 6.45) is 8.95. The van der Waals surface area contributed by atoms with Crippen molar-refractivity contribution < 1.29 is 14.6 Å². The van der Waals surface area contributed by atoms with Crippen molar-refractivity contribution >= 4 is 12.0 Å². The molecule has 0 bridgehead atoms. The van der Waals surface area contributed by atoms with Crippen molar-refractivity contribution in [1.82, 2.24) is 5.32 Å². The molecule has 1 heterocycles. The van der Waals surface area contributed by atoms with Gasteiger partial charge >= 0.3 is 0 Å². The topological polar surface area (TPSA) is 70.9 Å². The number of carbonyl (C=O) groups excluding carboxylic acids is 1. The molecular weight excluding hydrogens is 304 g/mol. The number of amides is 1. The molecule has 0 saturated carbocycles. The van der Waals surface area contributed by atoms with Gasteiger partial charge in [0.1, 0.15) is 5.36 Å². The predicted octanol–water partition coefficient (Wildman–Crippen LogP) is 1.07. The molecule has 3 rings (SSSR count). The summed E-state index contributed by atoms with van der Waals surface area (Å²) in [5, 5.41) is 14.6. The summed E-state index contributed by atoms with van der Waals surface area (Å²) in [4.78, 5) is 16.8. The lowest BCUT2D eigenvalue weighted by molar-refractivity contribution is 0.0954. The lowest BCUT2D eigenvalue weighted by Gasteiger charge is -2.15. The molecule has 0 fully saturated rings. The lowest BCUT2D eigenvalue weighted by atomic mass is 10.0. The minimum Gasteiger partial charge on any atom is -0.505 e. The highest BCUT2D eigenvalue weighted by Crippen LogP contribution is 2.14. The molecule has 2 aliphatic rings. The molecule has 24 heavy (non-hydrogen) atoms. The van der Waals surface area contributed by atoms with Gasteiger partial charge in [-0.25, -0.2) is 0 Å². The van der Waals surface area contributed by atoms with Crippen LogP contribution in [0.4, 0.5) is 0 Å². The van der Waals surface area contributed by atoms with E-state index in [0.717, 1.165) is 17.2 Å². The summed E-state index contributed by atoms with van der Waals surface area (Å²) in [7, 11) is 1.68. The second-order valence-electron chi connectivity index (χ2n) is 6.21. The quantitative estimate of drug-likeness (QED) is 0.869. The van der Waals surface area contributed by atoms with E-state index in [4.69, 9.17) is 4.74 Å². The molecule has 0 aromatic heterocycles. The number of fused-ring (bicyclic) bond motifs is 1. The normalized spacial score (nSPS) is 22.0. The SMILES string of the molecule is COC1C=CC(CNC(=O)c2ccc3c(c2O)=NCC(C)C=3)=CC1. The smallest absolute Gasteiger partial charge is 0.255 e. The summed E-state index contributed by atoms with van der Waals surface area (Å²) in [6, 6.07) is 3.49. The van der Waals surface area contributed by atoms with Gasteiger partial charge in [0.05, 0.1) is 11.7 Å². The number of nitrogens with zero attached hydrogens (tertiary/aromatic N) is 1. The number of phenols is 1. The predicted molar refractivity (Wildman–Crippen MR) is 92.4 cm³/mol. The van der Waals surface area contributed by atoms with Crippen molar-refractivity contribution in [3.63, 3.8) is 0 Å². The van der Waals surface area contributed by atoms with Crippen molar-refractivity contribution in [3.05, 3.63) is 52.1 Å². The largest absolute Gasteiger partial charge is 0.505 e. The van der Waals surface area contributed by atoms with Gasteiger partial charge in [-0.2, -0.15) is 0 Å². The number of aromatic hydroxyl groups is 1. The van der Waals surface area contributed by atoms with Crippen molar-refractivity contribution in [2.45, 2.75) is 19.4 Å². The van der Waals surface area contributed by atoms with E-state index in [1.807, 2.05) is 24.3 Å². The fraction of sp³-hybridized carbons (Fsp3) is 0.368. The first-order chi connectivity index (χ1) is 11.6. The summed E-state index contributed by atoms with van der Waals surface area (Å²) in [6.45, 7) is 3.12. The zero-order valence-electron chi connectivity index (χ0n) is 14.0. The number of phenolic OH excluding ortho intramolecular Hbond substituents is 1. The molecular formula is C19H22N2O3. The fourth-order valence-corrected chi connectivity index (χ4v) is 2.90. The first kappa shape index (κ1) is 16.5. The van der Waals surface area contributed by atoms with Gasteiger partial charge in [0.2, 0.25) is 0 Å². The van der Waals surface area contributed by atoms with E-state index in [1.165, 1.54) is 0 Å². The molecule has 1 aromatic rings. The van der Waals surface area contributed by atoms with Crippen molar-refractivity contribution in [3.8, 4) is 5.75 Å². The molecule has 0 spiro atoms. The number of ether oxygens (including phenoxy) is 1. The number of carbonyl (C=O) groups is 1. The van der Waals surface area contributed by atoms with E-state index in [9.17, 15) is 9.90 Å². The highest BCUT2D eigenvalue weighted by molar-refractivity contribution is 5.96. The van der Waals surface area contributed by atoms with Gasteiger partial charge in [-0.15, -0.1) is 0 Å². The molecule has 1 aliphatic carbocycles. The third-order valence-corrected chi connectivity index (χ3v) is 4.32. The van der Waals surface area contributed by atoms with Gasteiger partial charge in [-0.05, 0) is 29.2 Å². The van der Waals surface area contributed by atoms with Crippen LogP contribution in [-0.4, -0.2) is 37.3 Å². The van der Waals surface area contributed by atoms with Crippen LogP contribution in [0.25, 0.3) is 6.08 Å². The zero-order valence-corrected chi connectivity index (χ0v) is 14.0. The van der Waals surface area contributed by atoms with Crippen molar-refractivity contribution in [2.24, 2.45) is 10.9 Å². The van der Waals surface area contributed by atoms with Crippen LogP contribution in [0.5, 0.6) is 5.75 Å². The highest BCUT2D eigenvalue weighted by atomic mass is 16.5. The number of nitrogens with one attached hydrogen (secondary N) is 1. The molecule has 126 valence electrons. The number of methoxy groups -OCH3 is 1. The Morgan fingerprint density at radius 3 is 3.00 bits per heavy atom. The lowest BCUT2D eigenvalue weighted by Crippen LogP contribution is -2.34. The molecule has 2 atom stereocenters. The molecule has 0 saturated heterocycles. The van der Waals surface area contributed by atoms with Gasteiger partial charge in [-0.1, -0.05) is 37.3 Å². The molecule has 1 aromatic carbocycles. The first-order valence-electron chi connectivity index (χ1n) is 8.15. The Balaban J connectivity index is 1.72. The minimum atomic E-state index is -0.299. The molecule has 2 N–H and O–H groups in total. The Morgan fingerprint density at radius 1 is 1.46 bits per heavy atom. The van der Waals surface area contributed by atoms with Crippen LogP contribution in [0.2, 0.25) is 0 Å². The number of rotatable bonds is 4. The van der Waals surface area contributed by atoms with Crippen LogP contribution in [0.3, 0.4) is 0 Å². The van der Waals surface area contributed by atoms with E-state index < -0.39 is 0 Å². The molecule has 5 nitrogen and oxygen atoms in total. The van der Waals surface area contributed by atoms with Gasteiger partial charge in [0, 0.05) is 20.2 Å². The summed E-state index contributed by atoms with van der Waals surface area (Å²) in [5.74, 6) is 0.00517. The van der Waals surface area contributed by atoms with E-state index in [-0.39, 0.29) is 23.3 Å². The van der Waals surface area contributed by atoms with Crippen LogP contribution in [0.1, 0.15) is 23.7 Å². The maximum Gasteiger partial charge on any atom is 0.255 e. The minimum absolute atomic E-state index is 0.0410. The van der Waals surface area contributed by atoms with Gasteiger partial charge < -0.3 is 15.2 Å². The molecule has 5 heteroatoms. The fourth-order valence-electron chi connectivity index (χ4n) is 2.90. The Bertz CT molecular complexity index is 824. The second kappa shape index (κ2) is 7.01. The van der Waals surface area contributed by atoms with Gasteiger partial charge in [-0.3, -0.25) is 9.79 Å². The van der Waals surface area contributed by atoms with E-state index in [1.54, 1.807) is 13.2 Å². The monoisotopic (exact) mass is 326 g/mol. The maximum absolute atomic E-state index is 12.4. The van der Waals surface area contributed by atoms with Crippen molar-refractivity contribution in [2.75, 3.05) is 20.2 Å². The highest BCUT2D eigenvalue weighted by Gasteiger charge is 2.15. The third kappa shape index (κ3) is 3.41. The van der Waals surface area contributed by atoms with Crippen LogP contribution in [0.15, 0.2) is 40.9 Å². The number of benzene rings is 1. The van der Waals surface area contributed by atoms with E-state index >= 15 is 0 Å². The standard InChI is InChI=1S/C19H22N2O3/c1-12-9-14-5-8-16(18(22)17(14)20-10-12)19(23)21-11-13-3-6-15(24-2)7-4-13/h3-6,8-9,12,15,22H,7,10-11H2,1-2H3,(H,21,23). The summed E-state index contributed by atoms with van der Waals surface area (Å²) >= 11 is 0. The van der Waals surface area contributed by atoms with Crippen LogP contribution >= 0.6 is 0 Å². The second-order valence-corrected chi connectivity index (χ2v) is 6.21. The summed E-state index contributed by atoms with van der Waals surface area (Å²) < 4.78 is 5.25. The van der Waals surface area contributed by atoms with Crippen molar-refractivity contribution in [1.29, 1.82) is 0 Å². The number of hydrogen-bond donors (Lipinski definition) is 2. The van der Waals surface area contributed by atoms with Gasteiger partial charge in [0.15, 0.2) is 5.75 Å².